The highest BCUT2D eigenvalue weighted by Gasteiger charge is 2.25. The second-order valence-electron chi connectivity index (χ2n) is 3.74. The molecule has 0 amide bonds. The van der Waals surface area contributed by atoms with E-state index in [4.69, 9.17) is 0 Å². The van der Waals surface area contributed by atoms with E-state index >= 15 is 0 Å². The minimum absolute atomic E-state index is 0.220. The third kappa shape index (κ3) is 1.74. The van der Waals surface area contributed by atoms with Gasteiger partial charge in [-0.2, -0.15) is 0 Å². The second kappa shape index (κ2) is 3.48. The number of β-amino-alcohol motifs (C(OH)–C–C–N with tert-alkyl or cyclic N) is 1. The van der Waals surface area contributed by atoms with Crippen molar-refractivity contribution in [1.29, 1.82) is 0 Å². The van der Waals surface area contributed by atoms with E-state index in [0.717, 1.165) is 13.1 Å². The van der Waals surface area contributed by atoms with Crippen molar-refractivity contribution in [1.82, 2.24) is 5.32 Å². The van der Waals surface area contributed by atoms with Gasteiger partial charge >= 0.3 is 0 Å². The summed E-state index contributed by atoms with van der Waals surface area (Å²) >= 11 is 0. The maximum Gasteiger partial charge on any atom is 0.0745 e. The van der Waals surface area contributed by atoms with Gasteiger partial charge in [-0.05, 0) is 12.5 Å². The Hall–Kier alpha value is -0.860. The van der Waals surface area contributed by atoms with E-state index in [-0.39, 0.29) is 12.0 Å². The van der Waals surface area contributed by atoms with Gasteiger partial charge in [0.25, 0.3) is 0 Å². The quantitative estimate of drug-likeness (QED) is 0.672. The first-order chi connectivity index (χ1) is 6.27. The number of nitrogens with one attached hydrogen (secondary N) is 1. The number of benzene rings is 1. The highest BCUT2D eigenvalue weighted by molar-refractivity contribution is 5.26. The Morgan fingerprint density at radius 3 is 2.46 bits per heavy atom. The minimum atomic E-state index is -0.220. The number of rotatable bonds is 1. The summed E-state index contributed by atoms with van der Waals surface area (Å²) in [5, 5.41) is 12.8. The van der Waals surface area contributed by atoms with E-state index in [1.807, 2.05) is 0 Å². The fourth-order valence-electron chi connectivity index (χ4n) is 1.82. The lowest BCUT2D eigenvalue weighted by atomic mass is 9.95. The zero-order valence-electron chi connectivity index (χ0n) is 7.83. The first kappa shape index (κ1) is 8.73. The van der Waals surface area contributed by atoms with E-state index in [9.17, 15) is 5.11 Å². The predicted molar refractivity (Wildman–Crippen MR) is 52.8 cm³/mol. The van der Waals surface area contributed by atoms with Crippen molar-refractivity contribution in [3.8, 4) is 0 Å². The Morgan fingerprint density at radius 1 is 1.23 bits per heavy atom. The molecule has 2 N–H and O–H groups in total. The molecule has 70 valence electrons. The molecule has 0 aliphatic carbocycles. The summed E-state index contributed by atoms with van der Waals surface area (Å²) in [5.74, 6) is 0.278. The molecule has 0 aromatic heterocycles. The normalized spacial score (nSPS) is 27.8. The Bertz CT molecular complexity index is 281. The van der Waals surface area contributed by atoms with Crippen molar-refractivity contribution in [3.63, 3.8) is 0 Å². The summed E-state index contributed by atoms with van der Waals surface area (Å²) in [5.41, 5.74) is 2.51. The Morgan fingerprint density at radius 2 is 1.92 bits per heavy atom. The standard InChI is InChI=1S/C11H15NO/c1-8-2-4-9(5-3-8)10-6-12-7-11(10)13/h2-5,10-13H,6-7H2,1H3/t10-,11+/m0/s1. The van der Waals surface area contributed by atoms with Gasteiger partial charge in [0.15, 0.2) is 0 Å². The fourth-order valence-corrected chi connectivity index (χ4v) is 1.82. The molecule has 0 saturated carbocycles. The van der Waals surface area contributed by atoms with Crippen LogP contribution < -0.4 is 5.32 Å². The van der Waals surface area contributed by atoms with Gasteiger partial charge in [-0.25, -0.2) is 0 Å². The number of aliphatic hydroxyl groups is 1. The first-order valence-corrected chi connectivity index (χ1v) is 4.73. The molecule has 0 radical (unpaired) electrons. The van der Waals surface area contributed by atoms with Crippen LogP contribution in [0.2, 0.25) is 0 Å². The minimum Gasteiger partial charge on any atom is -0.391 e. The molecular formula is C11H15NO. The van der Waals surface area contributed by atoms with Crippen molar-refractivity contribution in [2.45, 2.75) is 18.9 Å². The molecule has 1 fully saturated rings. The van der Waals surface area contributed by atoms with Crippen LogP contribution in [0.1, 0.15) is 17.0 Å². The predicted octanol–water partition coefficient (Wildman–Crippen LogP) is 1.04. The monoisotopic (exact) mass is 177 g/mol. The van der Waals surface area contributed by atoms with Crippen LogP contribution in [0.15, 0.2) is 24.3 Å². The Labute approximate surface area is 78.6 Å². The van der Waals surface area contributed by atoms with Crippen LogP contribution in [0, 0.1) is 6.92 Å². The smallest absolute Gasteiger partial charge is 0.0745 e. The van der Waals surface area contributed by atoms with Crippen LogP contribution in [0.4, 0.5) is 0 Å². The van der Waals surface area contributed by atoms with Gasteiger partial charge in [-0.1, -0.05) is 29.8 Å². The van der Waals surface area contributed by atoms with E-state index in [1.54, 1.807) is 0 Å². The fraction of sp³-hybridized carbons (Fsp3) is 0.455. The van der Waals surface area contributed by atoms with Gasteiger partial charge in [-0.3, -0.25) is 0 Å². The van der Waals surface area contributed by atoms with Gasteiger partial charge < -0.3 is 10.4 Å². The molecule has 0 unspecified atom stereocenters. The van der Waals surface area contributed by atoms with Crippen molar-refractivity contribution >= 4 is 0 Å². The maximum absolute atomic E-state index is 9.65. The lowest BCUT2D eigenvalue weighted by Crippen LogP contribution is -2.15. The van der Waals surface area contributed by atoms with Crippen molar-refractivity contribution in [3.05, 3.63) is 35.4 Å². The van der Waals surface area contributed by atoms with Gasteiger partial charge in [0.1, 0.15) is 0 Å². The third-order valence-electron chi connectivity index (χ3n) is 2.69. The molecule has 1 heterocycles. The lowest BCUT2D eigenvalue weighted by Gasteiger charge is -2.13. The van der Waals surface area contributed by atoms with E-state index in [0.29, 0.717) is 0 Å². The second-order valence-corrected chi connectivity index (χ2v) is 3.74. The average Bonchev–Trinajstić information content (AvgIpc) is 2.53. The van der Waals surface area contributed by atoms with Gasteiger partial charge in [-0.15, -0.1) is 0 Å². The Kier molecular flexibility index (Phi) is 2.34. The SMILES string of the molecule is Cc1ccc([C@@H]2CNC[C@H]2O)cc1. The first-order valence-electron chi connectivity index (χ1n) is 4.73. The van der Waals surface area contributed by atoms with E-state index in [2.05, 4.69) is 36.5 Å². The molecule has 1 aliphatic heterocycles. The molecule has 2 heteroatoms. The summed E-state index contributed by atoms with van der Waals surface area (Å²) in [6, 6.07) is 8.41. The number of hydrogen-bond acceptors (Lipinski definition) is 2. The van der Waals surface area contributed by atoms with Gasteiger partial charge in [0.2, 0.25) is 0 Å². The van der Waals surface area contributed by atoms with Crippen LogP contribution in [-0.4, -0.2) is 24.3 Å². The number of hydrogen-bond donors (Lipinski definition) is 2. The molecule has 2 atom stereocenters. The van der Waals surface area contributed by atoms with Gasteiger partial charge in [0.05, 0.1) is 6.10 Å². The zero-order chi connectivity index (χ0) is 9.26. The van der Waals surface area contributed by atoms with Crippen LogP contribution in [0.3, 0.4) is 0 Å². The maximum atomic E-state index is 9.65. The van der Waals surface area contributed by atoms with Crippen LogP contribution in [0.5, 0.6) is 0 Å². The van der Waals surface area contributed by atoms with E-state index < -0.39 is 0 Å². The van der Waals surface area contributed by atoms with Crippen molar-refractivity contribution in [2.24, 2.45) is 0 Å². The topological polar surface area (TPSA) is 32.3 Å². The summed E-state index contributed by atoms with van der Waals surface area (Å²) in [7, 11) is 0. The van der Waals surface area contributed by atoms with Crippen LogP contribution in [0.25, 0.3) is 0 Å². The highest BCUT2D eigenvalue weighted by atomic mass is 16.3. The van der Waals surface area contributed by atoms with Crippen molar-refractivity contribution < 1.29 is 5.11 Å². The lowest BCUT2D eigenvalue weighted by molar-refractivity contribution is 0.178. The molecule has 13 heavy (non-hydrogen) atoms. The molecule has 2 rings (SSSR count). The largest absolute Gasteiger partial charge is 0.391 e. The highest BCUT2D eigenvalue weighted by Crippen LogP contribution is 2.22. The number of aliphatic hydroxyl groups excluding tert-OH is 1. The Balaban J connectivity index is 2.20. The third-order valence-corrected chi connectivity index (χ3v) is 2.69. The summed E-state index contributed by atoms with van der Waals surface area (Å²) < 4.78 is 0. The van der Waals surface area contributed by atoms with Crippen molar-refractivity contribution in [2.75, 3.05) is 13.1 Å². The zero-order valence-corrected chi connectivity index (χ0v) is 7.83. The van der Waals surface area contributed by atoms with Gasteiger partial charge in [0, 0.05) is 19.0 Å². The van der Waals surface area contributed by atoms with Crippen LogP contribution >= 0.6 is 0 Å². The summed E-state index contributed by atoms with van der Waals surface area (Å²) in [6.45, 7) is 3.69. The molecule has 0 bridgehead atoms. The molecule has 1 saturated heterocycles. The van der Waals surface area contributed by atoms with Crippen LogP contribution in [-0.2, 0) is 0 Å². The van der Waals surface area contributed by atoms with E-state index in [1.165, 1.54) is 11.1 Å². The molecular weight excluding hydrogens is 162 g/mol. The summed E-state index contributed by atoms with van der Waals surface area (Å²) in [6.07, 6.45) is -0.220. The average molecular weight is 177 g/mol. The molecule has 1 aromatic rings. The number of aryl methyl sites for hydroxylation is 1. The molecule has 1 aliphatic rings. The molecule has 2 nitrogen and oxygen atoms in total. The molecule has 1 aromatic carbocycles. The molecule has 0 spiro atoms. The summed E-state index contributed by atoms with van der Waals surface area (Å²) in [4.78, 5) is 0.